The van der Waals surface area contributed by atoms with E-state index >= 15 is 0 Å². The molecule has 1 saturated heterocycles. The van der Waals surface area contributed by atoms with Crippen LogP contribution in [0.3, 0.4) is 0 Å². The second-order valence-electron chi connectivity index (χ2n) is 6.93. The molecule has 6 nitrogen and oxygen atoms in total. The zero-order valence-electron chi connectivity index (χ0n) is 15.2. The smallest absolute Gasteiger partial charge is 0.264 e. The van der Waals surface area contributed by atoms with Gasteiger partial charge >= 0.3 is 0 Å². The first-order chi connectivity index (χ1) is 14.2. The maximum Gasteiger partial charge on any atom is 0.264 e. The van der Waals surface area contributed by atoms with E-state index in [1.165, 1.54) is 23.5 Å². The summed E-state index contributed by atoms with van der Waals surface area (Å²) < 4.78 is 0. The monoisotopic (exact) mass is 397 g/mol. The Balaban J connectivity index is 1.35. The molecule has 1 aromatic carbocycles. The predicted octanol–water partition coefficient (Wildman–Crippen LogP) is 3.62. The van der Waals surface area contributed by atoms with Crippen molar-refractivity contribution < 1.29 is 4.79 Å². The normalized spacial score (nSPS) is 23.3. The number of amidine groups is 1. The van der Waals surface area contributed by atoms with E-state index in [1.807, 2.05) is 30.3 Å². The predicted molar refractivity (Wildman–Crippen MR) is 113 cm³/mol. The van der Waals surface area contributed by atoms with Crippen molar-refractivity contribution in [1.82, 2.24) is 15.3 Å². The number of aliphatic imine (C=N–C) groups is 1. The van der Waals surface area contributed by atoms with E-state index in [2.05, 4.69) is 33.5 Å². The van der Waals surface area contributed by atoms with Crippen LogP contribution in [0, 0.1) is 11.3 Å². The Morgan fingerprint density at radius 3 is 2.90 bits per heavy atom. The maximum absolute atomic E-state index is 12.3. The number of aromatic nitrogens is 2. The first-order valence-electron chi connectivity index (χ1n) is 9.20. The first kappa shape index (κ1) is 17.6. The number of amides is 1. The highest BCUT2D eigenvalue weighted by Gasteiger charge is 2.39. The number of fused-ring (bicyclic) bond motifs is 1. The van der Waals surface area contributed by atoms with E-state index in [4.69, 9.17) is 10.3 Å². The molecule has 1 saturated carbocycles. The standard InChI is InChI=1S/C22H15N5OS/c23-11-13-8-19-17(24-12-13)7-6-15(25-19)9-20-21(28)27-22(29-20)26-18-10-16(18)14-4-2-1-3-5-14/h1-9,12,16,18H,10H2,(H,26,27,28)/b20-9-/t16-,18?/m0/s1. The van der Waals surface area contributed by atoms with E-state index in [0.717, 1.165) is 6.42 Å². The van der Waals surface area contributed by atoms with E-state index in [1.54, 1.807) is 12.1 Å². The minimum atomic E-state index is -0.170. The van der Waals surface area contributed by atoms with Gasteiger partial charge in [0.2, 0.25) is 0 Å². The maximum atomic E-state index is 12.3. The van der Waals surface area contributed by atoms with Crippen molar-refractivity contribution in [3.05, 3.63) is 76.5 Å². The van der Waals surface area contributed by atoms with Gasteiger partial charge in [0.25, 0.3) is 5.91 Å². The van der Waals surface area contributed by atoms with Gasteiger partial charge in [0.15, 0.2) is 5.17 Å². The number of nitriles is 1. The minimum Gasteiger partial charge on any atom is -0.301 e. The molecule has 3 heterocycles. The fraction of sp³-hybridized carbons (Fsp3) is 0.136. The van der Waals surface area contributed by atoms with E-state index in [9.17, 15) is 4.79 Å². The van der Waals surface area contributed by atoms with Gasteiger partial charge in [-0.25, -0.2) is 4.98 Å². The van der Waals surface area contributed by atoms with Crippen LogP contribution in [0.5, 0.6) is 0 Å². The van der Waals surface area contributed by atoms with Crippen molar-refractivity contribution in [2.45, 2.75) is 18.4 Å². The lowest BCUT2D eigenvalue weighted by Gasteiger charge is -1.99. The summed E-state index contributed by atoms with van der Waals surface area (Å²) in [5.74, 6) is 0.259. The fourth-order valence-corrected chi connectivity index (χ4v) is 4.18. The number of benzene rings is 1. The molecule has 0 bridgehead atoms. The number of hydrogen-bond donors (Lipinski definition) is 1. The molecule has 1 unspecified atom stereocenters. The largest absolute Gasteiger partial charge is 0.301 e. The molecule has 0 spiro atoms. The molecule has 140 valence electrons. The summed E-state index contributed by atoms with van der Waals surface area (Å²) in [5, 5.41) is 12.5. The molecule has 5 rings (SSSR count). The van der Waals surface area contributed by atoms with E-state index < -0.39 is 0 Å². The Kier molecular flexibility index (Phi) is 4.34. The van der Waals surface area contributed by atoms with Gasteiger partial charge < -0.3 is 5.32 Å². The van der Waals surface area contributed by atoms with Gasteiger partial charge in [-0.3, -0.25) is 14.8 Å². The Labute approximate surface area is 171 Å². The molecule has 1 aliphatic carbocycles. The molecule has 1 aliphatic heterocycles. The molecule has 7 heteroatoms. The van der Waals surface area contributed by atoms with Crippen LogP contribution in [-0.2, 0) is 4.79 Å². The summed E-state index contributed by atoms with van der Waals surface area (Å²) in [6.45, 7) is 0. The highest BCUT2D eigenvalue weighted by molar-refractivity contribution is 8.18. The topological polar surface area (TPSA) is 91.0 Å². The lowest BCUT2D eigenvalue weighted by Crippen LogP contribution is -2.20. The Bertz CT molecular complexity index is 1230. The fourth-order valence-electron chi connectivity index (χ4n) is 3.32. The SMILES string of the molecule is N#Cc1cnc2ccc(/C=C3\SC(=NC4C[C@H]4c4ccccc4)NC3=O)nc2c1. The third kappa shape index (κ3) is 3.62. The van der Waals surface area contributed by atoms with Crippen LogP contribution in [-0.4, -0.2) is 27.1 Å². The number of carbonyl (C=O) groups is 1. The van der Waals surface area contributed by atoms with Crippen molar-refractivity contribution in [2.24, 2.45) is 4.99 Å². The number of nitrogens with zero attached hydrogens (tertiary/aromatic N) is 4. The van der Waals surface area contributed by atoms with Crippen molar-refractivity contribution >= 4 is 39.9 Å². The number of rotatable bonds is 3. The molecule has 2 atom stereocenters. The Morgan fingerprint density at radius 1 is 1.21 bits per heavy atom. The van der Waals surface area contributed by atoms with Gasteiger partial charge in [0.1, 0.15) is 6.07 Å². The van der Waals surface area contributed by atoms with Crippen LogP contribution in [0.1, 0.15) is 29.2 Å². The minimum absolute atomic E-state index is 0.170. The average Bonchev–Trinajstić information content (AvgIpc) is 3.43. The first-order valence-corrected chi connectivity index (χ1v) is 10.0. The zero-order chi connectivity index (χ0) is 19.8. The van der Waals surface area contributed by atoms with Crippen LogP contribution >= 0.6 is 11.8 Å². The summed E-state index contributed by atoms with van der Waals surface area (Å²) in [6, 6.07) is 17.9. The van der Waals surface area contributed by atoms with E-state index in [0.29, 0.717) is 38.3 Å². The number of thioether (sulfide) groups is 1. The number of carbonyl (C=O) groups excluding carboxylic acids is 1. The molecular formula is C22H15N5OS. The highest BCUT2D eigenvalue weighted by atomic mass is 32.2. The molecule has 1 amide bonds. The van der Waals surface area contributed by atoms with Gasteiger partial charge in [0, 0.05) is 12.1 Å². The molecule has 29 heavy (non-hydrogen) atoms. The van der Waals surface area contributed by atoms with Gasteiger partial charge in [-0.15, -0.1) is 0 Å². The molecule has 3 aromatic rings. The van der Waals surface area contributed by atoms with Crippen molar-refractivity contribution in [1.29, 1.82) is 5.26 Å². The number of pyridine rings is 2. The van der Waals surface area contributed by atoms with Crippen LogP contribution in [0.25, 0.3) is 17.1 Å². The van der Waals surface area contributed by atoms with Gasteiger partial charge in [-0.2, -0.15) is 5.26 Å². The molecule has 2 fully saturated rings. The van der Waals surface area contributed by atoms with Gasteiger partial charge in [0.05, 0.1) is 33.2 Å². The summed E-state index contributed by atoms with van der Waals surface area (Å²) in [7, 11) is 0. The number of nitrogens with one attached hydrogen (secondary N) is 1. The van der Waals surface area contributed by atoms with Gasteiger partial charge in [-0.05, 0) is 48.0 Å². The summed E-state index contributed by atoms with van der Waals surface area (Å²) in [5.41, 5.74) is 3.71. The second kappa shape index (κ2) is 7.15. The summed E-state index contributed by atoms with van der Waals surface area (Å²) in [4.78, 5) is 26.3. The third-order valence-electron chi connectivity index (χ3n) is 4.89. The number of hydrogen-bond acceptors (Lipinski definition) is 6. The van der Waals surface area contributed by atoms with Crippen LogP contribution in [0.4, 0.5) is 0 Å². The summed E-state index contributed by atoms with van der Waals surface area (Å²) in [6.07, 6.45) is 4.26. The Hall–Kier alpha value is -3.50. The van der Waals surface area contributed by atoms with Crippen molar-refractivity contribution in [3.63, 3.8) is 0 Å². The molecule has 2 aromatic heterocycles. The van der Waals surface area contributed by atoms with Crippen LogP contribution in [0.2, 0.25) is 0 Å². The Morgan fingerprint density at radius 2 is 2.07 bits per heavy atom. The van der Waals surface area contributed by atoms with Gasteiger partial charge in [-0.1, -0.05) is 30.3 Å². The third-order valence-corrected chi connectivity index (χ3v) is 5.81. The van der Waals surface area contributed by atoms with Crippen molar-refractivity contribution in [2.75, 3.05) is 0 Å². The summed E-state index contributed by atoms with van der Waals surface area (Å²) >= 11 is 1.33. The lowest BCUT2D eigenvalue weighted by atomic mass is 10.1. The quantitative estimate of drug-likeness (QED) is 0.682. The lowest BCUT2D eigenvalue weighted by molar-refractivity contribution is -0.115. The zero-order valence-corrected chi connectivity index (χ0v) is 16.1. The molecule has 1 N–H and O–H groups in total. The molecular weight excluding hydrogens is 382 g/mol. The molecule has 2 aliphatic rings. The van der Waals surface area contributed by atoms with Crippen molar-refractivity contribution in [3.8, 4) is 6.07 Å². The highest BCUT2D eigenvalue weighted by Crippen LogP contribution is 2.44. The average molecular weight is 397 g/mol. The van der Waals surface area contributed by atoms with Crippen LogP contribution < -0.4 is 5.32 Å². The molecule has 0 radical (unpaired) electrons. The van der Waals surface area contributed by atoms with E-state index in [-0.39, 0.29) is 11.9 Å². The second-order valence-corrected chi connectivity index (χ2v) is 7.96. The van der Waals surface area contributed by atoms with Crippen LogP contribution in [0.15, 0.2) is 64.6 Å².